The van der Waals surface area contributed by atoms with Gasteiger partial charge in [0, 0.05) is 16.6 Å². The van der Waals surface area contributed by atoms with E-state index in [1.54, 1.807) is 37.3 Å². The molecule has 11 heteroatoms. The van der Waals surface area contributed by atoms with Gasteiger partial charge in [0.2, 0.25) is 0 Å². The van der Waals surface area contributed by atoms with Crippen molar-refractivity contribution in [2.75, 3.05) is 11.1 Å². The Morgan fingerprint density at radius 3 is 2.71 bits per heavy atom. The summed E-state index contributed by atoms with van der Waals surface area (Å²) in [7, 11) is -3.26. The number of furan rings is 1. The average molecular weight is 594 g/mol. The lowest BCUT2D eigenvalue weighted by Gasteiger charge is -2.12. The van der Waals surface area contributed by atoms with Gasteiger partial charge < -0.3 is 19.2 Å². The summed E-state index contributed by atoms with van der Waals surface area (Å²) >= 11 is 6.47. The third kappa shape index (κ3) is 7.22. The highest BCUT2D eigenvalue weighted by molar-refractivity contribution is 7.94. The first-order chi connectivity index (χ1) is 19.8. The molecule has 0 bridgehead atoms. The molecule has 5 rings (SSSR count). The van der Waals surface area contributed by atoms with Crippen molar-refractivity contribution in [1.82, 2.24) is 9.97 Å². The Hall–Kier alpha value is -4.41. The molecule has 8 nitrogen and oxygen atoms in total. The molecule has 5 aromatic rings. The van der Waals surface area contributed by atoms with Crippen molar-refractivity contribution in [3.63, 3.8) is 0 Å². The summed E-state index contributed by atoms with van der Waals surface area (Å²) in [6.45, 7) is 1.83. The highest BCUT2D eigenvalue weighted by atomic mass is 35.5. The number of hydrogen-bond donors (Lipinski definition) is 1. The van der Waals surface area contributed by atoms with Gasteiger partial charge >= 0.3 is 0 Å². The van der Waals surface area contributed by atoms with Crippen LogP contribution in [0.4, 0.5) is 15.9 Å². The molecule has 210 valence electrons. The zero-order chi connectivity index (χ0) is 28.8. The van der Waals surface area contributed by atoms with Crippen LogP contribution >= 0.6 is 11.6 Å². The van der Waals surface area contributed by atoms with Gasteiger partial charge in [-0.3, -0.25) is 0 Å². The number of sulfone groups is 1. The SMILES string of the molecule is CCS(=O)(=O)C=COCc1ccc(-c2ccc3ncnc(Nc4ccc(OCc5cccc(F)c5)c(Cl)c4)c3c2)o1. The van der Waals surface area contributed by atoms with E-state index in [9.17, 15) is 12.8 Å². The van der Waals surface area contributed by atoms with Crippen LogP contribution < -0.4 is 10.1 Å². The Bertz CT molecular complexity index is 1820. The van der Waals surface area contributed by atoms with Crippen LogP contribution in [0.5, 0.6) is 5.75 Å². The van der Waals surface area contributed by atoms with Crippen LogP contribution in [0.25, 0.3) is 22.2 Å². The van der Waals surface area contributed by atoms with E-state index < -0.39 is 9.84 Å². The predicted molar refractivity (Wildman–Crippen MR) is 156 cm³/mol. The fraction of sp³-hybridized carbons (Fsp3) is 0.133. The normalized spacial score (nSPS) is 11.7. The van der Waals surface area contributed by atoms with Crippen LogP contribution in [-0.4, -0.2) is 24.1 Å². The Morgan fingerprint density at radius 1 is 1.02 bits per heavy atom. The summed E-state index contributed by atoms with van der Waals surface area (Å²) in [5.74, 6) is 1.86. The molecule has 0 unspecified atom stereocenters. The first-order valence-electron chi connectivity index (χ1n) is 12.6. The van der Waals surface area contributed by atoms with Crippen molar-refractivity contribution < 1.29 is 26.7 Å². The molecule has 2 heterocycles. The van der Waals surface area contributed by atoms with Crippen molar-refractivity contribution >= 4 is 43.8 Å². The summed E-state index contributed by atoms with van der Waals surface area (Å²) in [5, 5.41) is 5.47. The minimum absolute atomic E-state index is 0.00502. The first kappa shape index (κ1) is 28.1. The van der Waals surface area contributed by atoms with Crippen LogP contribution in [0, 0.1) is 5.82 Å². The van der Waals surface area contributed by atoms with Crippen LogP contribution in [-0.2, 0) is 27.8 Å². The molecular weight excluding hydrogens is 569 g/mol. The Balaban J connectivity index is 1.30. The molecule has 0 atom stereocenters. The Kier molecular flexibility index (Phi) is 8.51. The maximum Gasteiger partial charge on any atom is 0.174 e. The highest BCUT2D eigenvalue weighted by Crippen LogP contribution is 2.33. The maximum atomic E-state index is 13.4. The quantitative estimate of drug-likeness (QED) is 0.158. The number of halogens is 2. The minimum atomic E-state index is -3.26. The van der Waals surface area contributed by atoms with Gasteiger partial charge in [0.25, 0.3) is 0 Å². The number of aromatic nitrogens is 2. The molecule has 2 aromatic heterocycles. The number of benzene rings is 3. The van der Waals surface area contributed by atoms with Gasteiger partial charge in [-0.05, 0) is 66.2 Å². The third-order valence-corrected chi connectivity index (χ3v) is 7.67. The predicted octanol–water partition coefficient (Wildman–Crippen LogP) is 7.43. The third-order valence-electron chi connectivity index (χ3n) is 6.05. The van der Waals surface area contributed by atoms with E-state index >= 15 is 0 Å². The van der Waals surface area contributed by atoms with E-state index in [1.165, 1.54) is 18.5 Å². The largest absolute Gasteiger partial charge is 0.493 e. The zero-order valence-corrected chi connectivity index (χ0v) is 23.5. The fourth-order valence-electron chi connectivity index (χ4n) is 3.89. The van der Waals surface area contributed by atoms with E-state index in [2.05, 4.69) is 15.3 Å². The summed E-state index contributed by atoms with van der Waals surface area (Å²) in [5.41, 5.74) is 2.91. The van der Waals surface area contributed by atoms with Crippen LogP contribution in [0.1, 0.15) is 18.2 Å². The van der Waals surface area contributed by atoms with Crippen molar-refractivity contribution in [1.29, 1.82) is 0 Å². The van der Waals surface area contributed by atoms with Crippen molar-refractivity contribution in [2.45, 2.75) is 20.1 Å². The summed E-state index contributed by atoms with van der Waals surface area (Å²) in [6.07, 6.45) is 2.62. The molecule has 0 fully saturated rings. The summed E-state index contributed by atoms with van der Waals surface area (Å²) in [6, 6.07) is 20.7. The molecule has 0 spiro atoms. The lowest BCUT2D eigenvalue weighted by molar-refractivity contribution is 0.211. The standard InChI is InChI=1S/C30H25ClFN3O5S/c1-2-41(36,37)13-12-38-18-24-8-11-28(40-24)21-6-9-27-25(15-21)30(34-19-33-27)35-23-7-10-29(26(31)16-23)39-17-20-4-3-5-22(32)14-20/h3-16,19H,2,17-18H2,1H3,(H,33,34,35). The summed E-state index contributed by atoms with van der Waals surface area (Å²) < 4.78 is 53.5. The number of nitrogens with one attached hydrogen (secondary N) is 1. The van der Waals surface area contributed by atoms with Crippen LogP contribution in [0.3, 0.4) is 0 Å². The number of anilines is 2. The number of ether oxygens (including phenoxy) is 2. The lowest BCUT2D eigenvalue weighted by Crippen LogP contribution is -1.99. The zero-order valence-electron chi connectivity index (χ0n) is 21.9. The second-order valence-corrected chi connectivity index (χ2v) is 11.5. The molecule has 0 aliphatic rings. The number of hydrogen-bond acceptors (Lipinski definition) is 8. The number of nitrogens with zero attached hydrogens (tertiary/aromatic N) is 2. The van der Waals surface area contributed by atoms with E-state index in [1.807, 2.05) is 30.3 Å². The van der Waals surface area contributed by atoms with Gasteiger partial charge in [0.1, 0.15) is 48.4 Å². The average Bonchev–Trinajstić information content (AvgIpc) is 3.44. The van der Waals surface area contributed by atoms with Crippen molar-refractivity contribution in [2.24, 2.45) is 0 Å². The van der Waals surface area contributed by atoms with E-state index in [0.29, 0.717) is 39.4 Å². The minimum Gasteiger partial charge on any atom is -0.493 e. The molecule has 0 saturated heterocycles. The maximum absolute atomic E-state index is 13.4. The van der Waals surface area contributed by atoms with Gasteiger partial charge in [-0.15, -0.1) is 0 Å². The van der Waals surface area contributed by atoms with Gasteiger partial charge in [-0.25, -0.2) is 22.8 Å². The molecular formula is C30H25ClFN3O5S. The number of fused-ring (bicyclic) bond motifs is 1. The Morgan fingerprint density at radius 2 is 1.90 bits per heavy atom. The molecule has 0 amide bonds. The van der Waals surface area contributed by atoms with Gasteiger partial charge in [-0.2, -0.15) is 0 Å². The second-order valence-electron chi connectivity index (χ2n) is 8.94. The highest BCUT2D eigenvalue weighted by Gasteiger charge is 2.11. The monoisotopic (exact) mass is 593 g/mol. The molecule has 3 aromatic carbocycles. The lowest BCUT2D eigenvalue weighted by atomic mass is 10.1. The second kappa shape index (κ2) is 12.4. The molecule has 1 N–H and O–H groups in total. The van der Waals surface area contributed by atoms with Crippen LogP contribution in [0.2, 0.25) is 5.02 Å². The van der Waals surface area contributed by atoms with Crippen molar-refractivity contribution in [3.8, 4) is 17.1 Å². The first-order valence-corrected chi connectivity index (χ1v) is 14.7. The molecule has 0 saturated carbocycles. The smallest absolute Gasteiger partial charge is 0.174 e. The summed E-state index contributed by atoms with van der Waals surface area (Å²) in [4.78, 5) is 8.78. The van der Waals surface area contributed by atoms with Gasteiger partial charge in [0.15, 0.2) is 9.84 Å². The number of rotatable bonds is 11. The molecule has 0 aliphatic carbocycles. The van der Waals surface area contributed by atoms with Crippen molar-refractivity contribution in [3.05, 3.63) is 113 Å². The topological polar surface area (TPSA) is 104 Å². The molecule has 0 aliphatic heterocycles. The van der Waals surface area contributed by atoms with Gasteiger partial charge in [-0.1, -0.05) is 30.7 Å². The molecule has 0 radical (unpaired) electrons. The van der Waals surface area contributed by atoms with E-state index in [0.717, 1.165) is 28.1 Å². The van der Waals surface area contributed by atoms with E-state index in [-0.39, 0.29) is 24.8 Å². The van der Waals surface area contributed by atoms with Gasteiger partial charge in [0.05, 0.1) is 28.0 Å². The molecule has 41 heavy (non-hydrogen) atoms. The van der Waals surface area contributed by atoms with E-state index in [4.69, 9.17) is 25.5 Å². The van der Waals surface area contributed by atoms with Crippen LogP contribution in [0.15, 0.2) is 95.2 Å². The Labute approximate surface area is 241 Å². The fourth-order valence-corrected chi connectivity index (χ4v) is 4.57.